The zero-order valence-electron chi connectivity index (χ0n) is 7.40. The average molecular weight is 199 g/mol. The van der Waals surface area contributed by atoms with Crippen molar-refractivity contribution in [2.24, 2.45) is 0 Å². The molecule has 0 heterocycles. The molecule has 0 rings (SSSR count). The van der Waals surface area contributed by atoms with Crippen molar-refractivity contribution in [3.63, 3.8) is 0 Å². The fourth-order valence-electron chi connectivity index (χ4n) is 0.683. The summed E-state index contributed by atoms with van der Waals surface area (Å²) < 4.78 is 0. The lowest BCUT2D eigenvalue weighted by Gasteiger charge is -2.08. The van der Waals surface area contributed by atoms with E-state index in [9.17, 15) is 14.4 Å². The first kappa shape index (κ1) is 12.0. The maximum atomic E-state index is 10.8. The Hall–Kier alpha value is -2.03. The van der Waals surface area contributed by atoms with Gasteiger partial charge in [-0.25, -0.2) is 4.79 Å². The van der Waals surface area contributed by atoms with E-state index in [1.165, 1.54) is 6.92 Å². The van der Waals surface area contributed by atoms with E-state index < -0.39 is 30.3 Å². The van der Waals surface area contributed by atoms with Crippen molar-refractivity contribution >= 4 is 17.8 Å². The second kappa shape index (κ2) is 5.59. The summed E-state index contributed by atoms with van der Waals surface area (Å²) in [6, 6.07) is -1.44. The summed E-state index contributed by atoms with van der Waals surface area (Å²) in [5.41, 5.74) is 0. The molecule has 0 aromatic rings. The maximum absolute atomic E-state index is 10.8. The number of carboxylic acid groups (broad SMARTS) is 2. The molecule has 0 radical (unpaired) electrons. The van der Waals surface area contributed by atoms with Gasteiger partial charge in [-0.3, -0.25) is 9.59 Å². The van der Waals surface area contributed by atoms with Crippen LogP contribution in [0, 0.1) is 11.8 Å². The summed E-state index contributed by atoms with van der Waals surface area (Å²) in [5.74, 6) is 0.798. The molecule has 0 saturated heterocycles. The Morgan fingerprint density at radius 2 is 1.93 bits per heavy atom. The molecular weight excluding hydrogens is 190 g/mol. The standard InChI is InChI=1S/C8H9NO5/c1-2-3-6(10)9-5(8(13)14)4-7(11)12/h5H,4H2,1H3,(H,9,10)(H,11,12)(H,13,14)/t5-/m1/s1. The first-order chi connectivity index (χ1) is 6.47. The number of hydrogen-bond acceptors (Lipinski definition) is 3. The predicted molar refractivity (Wildman–Crippen MR) is 45.3 cm³/mol. The van der Waals surface area contributed by atoms with E-state index >= 15 is 0 Å². The second-order valence-electron chi connectivity index (χ2n) is 2.34. The van der Waals surface area contributed by atoms with Crippen LogP contribution < -0.4 is 5.32 Å². The number of nitrogens with one attached hydrogen (secondary N) is 1. The zero-order chi connectivity index (χ0) is 11.1. The fraction of sp³-hybridized carbons (Fsp3) is 0.375. The van der Waals surface area contributed by atoms with Crippen molar-refractivity contribution in [1.82, 2.24) is 5.32 Å². The predicted octanol–water partition coefficient (Wildman–Crippen LogP) is -0.946. The highest BCUT2D eigenvalue weighted by Crippen LogP contribution is 1.92. The Kier molecular flexibility index (Phi) is 4.78. The highest BCUT2D eigenvalue weighted by molar-refractivity contribution is 5.96. The smallest absolute Gasteiger partial charge is 0.326 e. The van der Waals surface area contributed by atoms with Gasteiger partial charge in [0.25, 0.3) is 5.91 Å². The van der Waals surface area contributed by atoms with Gasteiger partial charge in [0, 0.05) is 0 Å². The summed E-state index contributed by atoms with van der Waals surface area (Å²) in [6.07, 6.45) is -0.674. The van der Waals surface area contributed by atoms with Crippen molar-refractivity contribution < 1.29 is 24.6 Å². The van der Waals surface area contributed by atoms with Crippen LogP contribution in [-0.2, 0) is 14.4 Å². The summed E-state index contributed by atoms with van der Waals surface area (Å²) >= 11 is 0. The minimum atomic E-state index is -1.44. The van der Waals surface area contributed by atoms with Gasteiger partial charge in [0.05, 0.1) is 6.42 Å². The molecule has 0 aromatic carbocycles. The summed E-state index contributed by atoms with van der Waals surface area (Å²) in [6.45, 7) is 1.41. The minimum Gasteiger partial charge on any atom is -0.481 e. The molecular formula is C8H9NO5. The Balaban J connectivity index is 4.35. The third kappa shape index (κ3) is 4.77. The van der Waals surface area contributed by atoms with Gasteiger partial charge in [-0.1, -0.05) is 5.92 Å². The molecule has 0 saturated carbocycles. The van der Waals surface area contributed by atoms with E-state index in [4.69, 9.17) is 10.2 Å². The molecule has 0 aliphatic rings. The quantitative estimate of drug-likeness (QED) is 0.506. The van der Waals surface area contributed by atoms with Gasteiger partial charge in [0.2, 0.25) is 0 Å². The van der Waals surface area contributed by atoms with E-state index in [0.29, 0.717) is 0 Å². The van der Waals surface area contributed by atoms with Gasteiger partial charge < -0.3 is 15.5 Å². The van der Waals surface area contributed by atoms with E-state index in [1.54, 1.807) is 0 Å². The van der Waals surface area contributed by atoms with Crippen LogP contribution in [-0.4, -0.2) is 34.1 Å². The molecule has 14 heavy (non-hydrogen) atoms. The largest absolute Gasteiger partial charge is 0.481 e. The fourth-order valence-corrected chi connectivity index (χ4v) is 0.683. The highest BCUT2D eigenvalue weighted by atomic mass is 16.4. The van der Waals surface area contributed by atoms with Crippen LogP contribution in [0.2, 0.25) is 0 Å². The van der Waals surface area contributed by atoms with Gasteiger partial charge in [-0.2, -0.15) is 0 Å². The molecule has 6 nitrogen and oxygen atoms in total. The topological polar surface area (TPSA) is 104 Å². The van der Waals surface area contributed by atoms with Crippen molar-refractivity contribution in [2.75, 3.05) is 0 Å². The molecule has 6 heteroatoms. The van der Waals surface area contributed by atoms with Gasteiger partial charge in [-0.05, 0) is 12.8 Å². The number of aliphatic carboxylic acids is 2. The third-order valence-electron chi connectivity index (χ3n) is 1.22. The van der Waals surface area contributed by atoms with Crippen molar-refractivity contribution in [2.45, 2.75) is 19.4 Å². The van der Waals surface area contributed by atoms with Gasteiger partial charge in [-0.15, -0.1) is 0 Å². The van der Waals surface area contributed by atoms with Crippen LogP contribution in [0.4, 0.5) is 0 Å². The molecule has 1 amide bonds. The van der Waals surface area contributed by atoms with Crippen LogP contribution >= 0.6 is 0 Å². The lowest BCUT2D eigenvalue weighted by atomic mass is 10.2. The van der Waals surface area contributed by atoms with Gasteiger partial charge in [0.1, 0.15) is 6.04 Å². The molecule has 3 N–H and O–H groups in total. The van der Waals surface area contributed by atoms with Gasteiger partial charge >= 0.3 is 11.9 Å². The number of carbonyl (C=O) groups is 3. The van der Waals surface area contributed by atoms with E-state index in [-0.39, 0.29) is 0 Å². The Labute approximate surface area is 79.9 Å². The summed E-state index contributed by atoms with van der Waals surface area (Å²) in [7, 11) is 0. The molecule has 0 aliphatic heterocycles. The molecule has 76 valence electrons. The Morgan fingerprint density at radius 3 is 2.29 bits per heavy atom. The molecule has 0 aromatic heterocycles. The second-order valence-corrected chi connectivity index (χ2v) is 2.34. The summed E-state index contributed by atoms with van der Waals surface area (Å²) in [5, 5.41) is 18.8. The number of amides is 1. The SMILES string of the molecule is CC#CC(=O)N[C@H](CC(=O)O)C(=O)O. The molecule has 0 unspecified atom stereocenters. The molecule has 0 bridgehead atoms. The molecule has 1 atom stereocenters. The normalized spacial score (nSPS) is 10.6. The van der Waals surface area contributed by atoms with Crippen molar-refractivity contribution in [1.29, 1.82) is 0 Å². The van der Waals surface area contributed by atoms with Crippen LogP contribution in [0.25, 0.3) is 0 Å². The van der Waals surface area contributed by atoms with Crippen LogP contribution in [0.5, 0.6) is 0 Å². The monoisotopic (exact) mass is 199 g/mol. The zero-order valence-corrected chi connectivity index (χ0v) is 7.40. The Bertz CT molecular complexity index is 311. The van der Waals surface area contributed by atoms with Crippen molar-refractivity contribution in [3.8, 4) is 11.8 Å². The van der Waals surface area contributed by atoms with Crippen molar-refractivity contribution in [3.05, 3.63) is 0 Å². The van der Waals surface area contributed by atoms with Gasteiger partial charge in [0.15, 0.2) is 0 Å². The van der Waals surface area contributed by atoms with E-state index in [2.05, 4.69) is 5.92 Å². The van der Waals surface area contributed by atoms with E-state index in [0.717, 1.165) is 0 Å². The molecule has 0 spiro atoms. The van der Waals surface area contributed by atoms with Crippen LogP contribution in [0.3, 0.4) is 0 Å². The third-order valence-corrected chi connectivity index (χ3v) is 1.22. The Morgan fingerprint density at radius 1 is 1.36 bits per heavy atom. The number of rotatable bonds is 4. The maximum Gasteiger partial charge on any atom is 0.326 e. The first-order valence-corrected chi connectivity index (χ1v) is 3.65. The molecule has 0 fully saturated rings. The highest BCUT2D eigenvalue weighted by Gasteiger charge is 2.21. The number of carboxylic acids is 2. The minimum absolute atomic E-state index is 0.674. The lowest BCUT2D eigenvalue weighted by Crippen LogP contribution is -2.41. The summed E-state index contributed by atoms with van der Waals surface area (Å²) in [4.78, 5) is 31.4. The number of hydrogen-bond donors (Lipinski definition) is 3. The van der Waals surface area contributed by atoms with Crippen LogP contribution in [0.15, 0.2) is 0 Å². The number of carbonyl (C=O) groups excluding carboxylic acids is 1. The molecule has 0 aliphatic carbocycles. The lowest BCUT2D eigenvalue weighted by molar-refractivity contribution is -0.146. The first-order valence-electron chi connectivity index (χ1n) is 3.65. The van der Waals surface area contributed by atoms with E-state index in [1.807, 2.05) is 11.2 Å². The average Bonchev–Trinajstić information content (AvgIpc) is 2.02. The van der Waals surface area contributed by atoms with Crippen LogP contribution in [0.1, 0.15) is 13.3 Å².